The second-order valence-corrected chi connectivity index (χ2v) is 9.32. The van der Waals surface area contributed by atoms with Crippen molar-refractivity contribution in [1.29, 1.82) is 0 Å². The van der Waals surface area contributed by atoms with Gasteiger partial charge in [-0.1, -0.05) is 17.9 Å². The molecule has 0 bridgehead atoms. The van der Waals surface area contributed by atoms with Crippen molar-refractivity contribution in [2.75, 3.05) is 19.7 Å². The molecule has 2 unspecified atom stereocenters. The van der Waals surface area contributed by atoms with Gasteiger partial charge in [0, 0.05) is 61.5 Å². The number of carbonyl (C=O) groups is 1. The monoisotopic (exact) mass is 541 g/mol. The predicted octanol–water partition coefficient (Wildman–Crippen LogP) is 2.88. The van der Waals surface area contributed by atoms with Gasteiger partial charge in [0.15, 0.2) is 0 Å². The number of carbonyl (C=O) groups excluding carboxylic acids is 1. The maximum absolute atomic E-state index is 14.7. The number of pyridine rings is 2. The molecule has 3 aromatic heterocycles. The molecule has 8 nitrogen and oxygen atoms in total. The van der Waals surface area contributed by atoms with Crippen molar-refractivity contribution in [2.45, 2.75) is 18.4 Å². The number of rotatable bonds is 5. The number of halogens is 2. The Labute approximate surface area is 228 Å². The molecule has 1 aliphatic rings. The summed E-state index contributed by atoms with van der Waals surface area (Å²) in [6.07, 6.45) is 2.74. The topological polar surface area (TPSA) is 115 Å². The van der Waals surface area contributed by atoms with Crippen LogP contribution in [0.1, 0.15) is 51.2 Å². The highest BCUT2D eigenvalue weighted by molar-refractivity contribution is 6.00. The summed E-state index contributed by atoms with van der Waals surface area (Å²) in [5, 5.41) is 3.86. The summed E-state index contributed by atoms with van der Waals surface area (Å²) in [5.41, 5.74) is 7.36. The number of nitrogens with zero attached hydrogens (tertiary/aromatic N) is 2. The first-order valence-corrected chi connectivity index (χ1v) is 12.6. The van der Waals surface area contributed by atoms with Crippen LogP contribution < -0.4 is 16.6 Å². The molecule has 10 heteroatoms. The SMILES string of the molecule is Cn1cccc(C(CC#CC#Cc2c(C(N)=O)cnc3[nH]c(C4CNCCO4)cc23)c2cc(F)ccc2F)c1=O. The zero-order valence-electron chi connectivity index (χ0n) is 21.6. The molecule has 2 atom stereocenters. The minimum atomic E-state index is -0.824. The number of nitrogens with two attached hydrogens (primary N) is 1. The Morgan fingerprint density at radius 2 is 2.10 bits per heavy atom. The standard InChI is InChI=1S/C30H25F2N5O3/c1-37-12-5-8-21(30(37)39)19(22-14-18(31)9-10-25(22)32)6-3-2-4-7-20-23-15-26(27-17-34-11-13-40-27)36-29(23)35-16-24(20)28(33)38/h5,8-10,12,14-16,19,27,34H,6,11,13,17H2,1H3,(H2,33,38)(H,35,36). The number of nitrogens with one attached hydrogen (secondary N) is 2. The van der Waals surface area contributed by atoms with Gasteiger partial charge in [-0.25, -0.2) is 13.8 Å². The third-order valence-electron chi connectivity index (χ3n) is 6.73. The van der Waals surface area contributed by atoms with E-state index < -0.39 is 23.5 Å². The summed E-state index contributed by atoms with van der Waals surface area (Å²) in [6.45, 7) is 1.96. The lowest BCUT2D eigenvalue weighted by atomic mass is 9.89. The van der Waals surface area contributed by atoms with Crippen LogP contribution in [0.15, 0.2) is 53.6 Å². The molecule has 5 rings (SSSR count). The first kappa shape index (κ1) is 26.8. The normalized spacial score (nSPS) is 15.5. The van der Waals surface area contributed by atoms with Gasteiger partial charge in [0.25, 0.3) is 11.5 Å². The first-order valence-electron chi connectivity index (χ1n) is 12.6. The zero-order valence-corrected chi connectivity index (χ0v) is 21.6. The molecule has 1 amide bonds. The summed E-state index contributed by atoms with van der Waals surface area (Å²) < 4.78 is 35.9. The molecule has 40 heavy (non-hydrogen) atoms. The molecule has 1 aliphatic heterocycles. The van der Waals surface area contributed by atoms with Crippen molar-refractivity contribution >= 4 is 16.9 Å². The van der Waals surface area contributed by atoms with Gasteiger partial charge in [0.05, 0.1) is 17.7 Å². The number of aryl methyl sites for hydroxylation is 1. The maximum Gasteiger partial charge on any atom is 0.254 e. The van der Waals surface area contributed by atoms with Gasteiger partial charge in [0.1, 0.15) is 23.4 Å². The van der Waals surface area contributed by atoms with Gasteiger partial charge in [0.2, 0.25) is 0 Å². The number of morpholine rings is 1. The number of ether oxygens (including phenoxy) is 1. The lowest BCUT2D eigenvalue weighted by Gasteiger charge is -2.22. The molecule has 0 aliphatic carbocycles. The Balaban J connectivity index is 1.50. The van der Waals surface area contributed by atoms with Crippen molar-refractivity contribution in [3.63, 3.8) is 0 Å². The van der Waals surface area contributed by atoms with Crippen LogP contribution in [0.25, 0.3) is 11.0 Å². The van der Waals surface area contributed by atoms with Gasteiger partial charge in [-0.2, -0.15) is 0 Å². The van der Waals surface area contributed by atoms with Gasteiger partial charge in [-0.05, 0) is 47.7 Å². The molecule has 1 saturated heterocycles. The predicted molar refractivity (Wildman–Crippen MR) is 145 cm³/mol. The molecule has 0 radical (unpaired) electrons. The number of hydrogen-bond donors (Lipinski definition) is 3. The molecule has 1 fully saturated rings. The highest BCUT2D eigenvalue weighted by Gasteiger charge is 2.22. The van der Waals surface area contributed by atoms with Crippen LogP contribution in [-0.2, 0) is 11.8 Å². The summed E-state index contributed by atoms with van der Waals surface area (Å²) >= 11 is 0. The second kappa shape index (κ2) is 11.5. The van der Waals surface area contributed by atoms with Crippen molar-refractivity contribution in [3.8, 4) is 23.7 Å². The summed E-state index contributed by atoms with van der Waals surface area (Å²) in [6, 6.07) is 8.18. The quantitative estimate of drug-likeness (QED) is 0.336. The maximum atomic E-state index is 14.7. The highest BCUT2D eigenvalue weighted by atomic mass is 19.1. The van der Waals surface area contributed by atoms with E-state index in [2.05, 4.69) is 39.0 Å². The van der Waals surface area contributed by atoms with Gasteiger partial charge >= 0.3 is 0 Å². The minimum absolute atomic E-state index is 0.00304. The second-order valence-electron chi connectivity index (χ2n) is 9.32. The Kier molecular flexibility index (Phi) is 7.74. The summed E-state index contributed by atoms with van der Waals surface area (Å²) in [7, 11) is 1.58. The third-order valence-corrected chi connectivity index (χ3v) is 6.73. The van der Waals surface area contributed by atoms with Crippen LogP contribution in [0.4, 0.5) is 8.78 Å². The number of amides is 1. The van der Waals surface area contributed by atoms with Crippen molar-refractivity contribution < 1.29 is 18.3 Å². The van der Waals surface area contributed by atoms with E-state index in [9.17, 15) is 18.4 Å². The van der Waals surface area contributed by atoms with E-state index in [4.69, 9.17) is 10.5 Å². The Morgan fingerprint density at radius 1 is 1.25 bits per heavy atom. The fraction of sp³-hybridized carbons (Fsp3) is 0.233. The lowest BCUT2D eigenvalue weighted by molar-refractivity contribution is 0.0254. The van der Waals surface area contributed by atoms with E-state index in [1.165, 1.54) is 10.8 Å². The minimum Gasteiger partial charge on any atom is -0.369 e. The van der Waals surface area contributed by atoms with Crippen LogP contribution in [0.2, 0.25) is 0 Å². The van der Waals surface area contributed by atoms with Crippen molar-refractivity contribution in [3.05, 3.63) is 98.7 Å². The molecule has 1 aromatic carbocycles. The van der Waals surface area contributed by atoms with Gasteiger partial charge in [-0.3, -0.25) is 9.59 Å². The van der Waals surface area contributed by atoms with E-state index in [1.54, 1.807) is 25.4 Å². The Hall–Kier alpha value is -4.77. The number of hydrogen-bond acceptors (Lipinski definition) is 5. The largest absolute Gasteiger partial charge is 0.369 e. The van der Waals surface area contributed by atoms with E-state index in [0.29, 0.717) is 29.7 Å². The average molecular weight is 542 g/mol. The molecule has 0 spiro atoms. The Bertz CT molecular complexity index is 1780. The van der Waals surface area contributed by atoms with Crippen molar-refractivity contribution in [1.82, 2.24) is 19.9 Å². The number of fused-ring (bicyclic) bond motifs is 1. The molecule has 4 N–H and O–H groups in total. The number of primary amides is 1. The van der Waals surface area contributed by atoms with Gasteiger partial charge in [-0.15, -0.1) is 0 Å². The highest BCUT2D eigenvalue weighted by Crippen LogP contribution is 2.29. The van der Waals surface area contributed by atoms with E-state index in [-0.39, 0.29) is 34.8 Å². The zero-order chi connectivity index (χ0) is 28.2. The number of H-pyrrole nitrogens is 1. The van der Waals surface area contributed by atoms with Gasteiger partial charge < -0.3 is 25.3 Å². The fourth-order valence-corrected chi connectivity index (χ4v) is 4.70. The molecule has 4 heterocycles. The number of aromatic nitrogens is 3. The average Bonchev–Trinajstić information content (AvgIpc) is 3.39. The van der Waals surface area contributed by atoms with Crippen LogP contribution in [-0.4, -0.2) is 40.1 Å². The van der Waals surface area contributed by atoms with Crippen LogP contribution in [0, 0.1) is 35.3 Å². The summed E-state index contributed by atoms with van der Waals surface area (Å²) in [4.78, 5) is 32.4. The summed E-state index contributed by atoms with van der Waals surface area (Å²) in [5.74, 6) is 8.45. The van der Waals surface area contributed by atoms with E-state index in [1.807, 2.05) is 6.07 Å². The molecule has 0 saturated carbocycles. The van der Waals surface area contributed by atoms with Crippen LogP contribution >= 0.6 is 0 Å². The van der Waals surface area contributed by atoms with Crippen LogP contribution in [0.5, 0.6) is 0 Å². The lowest BCUT2D eigenvalue weighted by Crippen LogP contribution is -2.33. The fourth-order valence-electron chi connectivity index (χ4n) is 4.70. The molecule has 4 aromatic rings. The first-order chi connectivity index (χ1) is 19.3. The van der Waals surface area contributed by atoms with Crippen molar-refractivity contribution in [2.24, 2.45) is 12.8 Å². The molecule has 202 valence electrons. The number of benzene rings is 1. The number of aromatic amines is 1. The van der Waals surface area contributed by atoms with E-state index in [0.717, 1.165) is 30.4 Å². The molecular weight excluding hydrogens is 516 g/mol. The van der Waals surface area contributed by atoms with Crippen LogP contribution in [0.3, 0.4) is 0 Å². The van der Waals surface area contributed by atoms with E-state index >= 15 is 0 Å². The molecular formula is C30H25F2N5O3. The smallest absolute Gasteiger partial charge is 0.254 e. The third kappa shape index (κ3) is 5.50. The Morgan fingerprint density at radius 3 is 2.88 bits per heavy atom.